The van der Waals surface area contributed by atoms with E-state index in [1.807, 2.05) is 0 Å². The second-order valence-corrected chi connectivity index (χ2v) is 9.12. The minimum atomic E-state index is -3.84. The quantitative estimate of drug-likeness (QED) is 0.564. The van der Waals surface area contributed by atoms with Crippen LogP contribution >= 0.6 is 12.4 Å². The van der Waals surface area contributed by atoms with Gasteiger partial charge in [-0.3, -0.25) is 14.9 Å². The van der Waals surface area contributed by atoms with E-state index < -0.39 is 14.9 Å². The number of aryl methyl sites for hydroxylation is 1. The Morgan fingerprint density at radius 3 is 2.39 bits per heavy atom. The molecule has 0 saturated carbocycles. The van der Waals surface area contributed by atoms with Crippen LogP contribution < -0.4 is 5.73 Å². The fourth-order valence-corrected chi connectivity index (χ4v) is 5.42. The Labute approximate surface area is 170 Å². The molecule has 156 valence electrons. The van der Waals surface area contributed by atoms with Crippen molar-refractivity contribution in [3.63, 3.8) is 0 Å². The van der Waals surface area contributed by atoms with Crippen molar-refractivity contribution in [3.05, 3.63) is 33.9 Å². The number of rotatable bonds is 4. The molecule has 2 aliphatic heterocycles. The number of nitrogens with zero attached hydrogens (tertiary/aromatic N) is 3. The highest BCUT2D eigenvalue weighted by Crippen LogP contribution is 2.29. The standard InChI is InChI=1S/C17H24N4O5S.ClH/c1-12-2-3-15(21(23)24)10-16(12)27(25,26)20-8-4-13(5-9-20)17(22)19-7-6-14(18)11-19;/h2-3,10,13-14H,4-9,11,18H2,1H3;1H/t14-;/m1./s1. The predicted molar refractivity (Wildman–Crippen MR) is 106 cm³/mol. The summed E-state index contributed by atoms with van der Waals surface area (Å²) in [6.45, 7) is 3.28. The average Bonchev–Trinajstić information content (AvgIpc) is 3.07. The number of sulfonamides is 1. The van der Waals surface area contributed by atoms with Crippen LogP contribution in [0.5, 0.6) is 0 Å². The molecular weight excluding hydrogens is 408 g/mol. The van der Waals surface area contributed by atoms with Gasteiger partial charge < -0.3 is 10.6 Å². The molecule has 3 rings (SSSR count). The molecule has 2 N–H and O–H groups in total. The van der Waals surface area contributed by atoms with E-state index in [0.717, 1.165) is 12.5 Å². The molecule has 2 fully saturated rings. The van der Waals surface area contributed by atoms with Crippen LogP contribution in [0.3, 0.4) is 0 Å². The molecular formula is C17H25ClN4O5S. The number of hydrogen-bond donors (Lipinski definition) is 1. The lowest BCUT2D eigenvalue weighted by molar-refractivity contribution is -0.385. The Kier molecular flexibility index (Phi) is 7.02. The van der Waals surface area contributed by atoms with Crippen LogP contribution in [0, 0.1) is 23.0 Å². The van der Waals surface area contributed by atoms with Gasteiger partial charge in [-0.1, -0.05) is 6.07 Å². The van der Waals surface area contributed by atoms with Gasteiger partial charge >= 0.3 is 0 Å². The van der Waals surface area contributed by atoms with E-state index in [1.165, 1.54) is 16.4 Å². The molecule has 1 amide bonds. The van der Waals surface area contributed by atoms with Gasteiger partial charge in [0.2, 0.25) is 15.9 Å². The van der Waals surface area contributed by atoms with Gasteiger partial charge in [0.05, 0.1) is 9.82 Å². The molecule has 9 nitrogen and oxygen atoms in total. The monoisotopic (exact) mass is 432 g/mol. The number of piperidine rings is 1. The molecule has 0 unspecified atom stereocenters. The Bertz CT molecular complexity index is 855. The minimum Gasteiger partial charge on any atom is -0.341 e. The summed E-state index contributed by atoms with van der Waals surface area (Å²) in [7, 11) is -3.84. The topological polar surface area (TPSA) is 127 Å². The maximum absolute atomic E-state index is 13.0. The highest BCUT2D eigenvalue weighted by Gasteiger charge is 2.36. The summed E-state index contributed by atoms with van der Waals surface area (Å²) in [6, 6.07) is 3.86. The van der Waals surface area contributed by atoms with E-state index in [4.69, 9.17) is 5.73 Å². The molecule has 11 heteroatoms. The van der Waals surface area contributed by atoms with E-state index in [0.29, 0.717) is 31.5 Å². The van der Waals surface area contributed by atoms with E-state index in [2.05, 4.69) is 0 Å². The largest absolute Gasteiger partial charge is 0.341 e. The summed E-state index contributed by atoms with van der Waals surface area (Å²) < 4.78 is 27.2. The fraction of sp³-hybridized carbons (Fsp3) is 0.588. The second kappa shape index (κ2) is 8.73. The summed E-state index contributed by atoms with van der Waals surface area (Å²) in [4.78, 5) is 24.7. The van der Waals surface area contributed by atoms with Crippen molar-refractivity contribution in [2.24, 2.45) is 11.7 Å². The number of carbonyl (C=O) groups is 1. The summed E-state index contributed by atoms with van der Waals surface area (Å²) in [6.07, 6.45) is 1.68. The smallest absolute Gasteiger partial charge is 0.270 e. The first-order valence-electron chi connectivity index (χ1n) is 8.99. The average molecular weight is 433 g/mol. The normalized spacial score (nSPS) is 21.4. The van der Waals surface area contributed by atoms with Gasteiger partial charge in [-0.15, -0.1) is 12.4 Å². The first kappa shape index (κ1) is 22.5. The van der Waals surface area contributed by atoms with Gasteiger partial charge in [0, 0.05) is 50.3 Å². The highest BCUT2D eigenvalue weighted by molar-refractivity contribution is 7.89. The van der Waals surface area contributed by atoms with Gasteiger partial charge in [0.1, 0.15) is 0 Å². The maximum Gasteiger partial charge on any atom is 0.270 e. The Balaban J connectivity index is 0.00000280. The molecule has 0 bridgehead atoms. The molecule has 0 radical (unpaired) electrons. The van der Waals surface area contributed by atoms with Crippen LogP contribution in [0.2, 0.25) is 0 Å². The molecule has 2 saturated heterocycles. The van der Waals surface area contributed by atoms with Crippen molar-refractivity contribution in [2.45, 2.75) is 37.1 Å². The number of amides is 1. The molecule has 28 heavy (non-hydrogen) atoms. The maximum atomic E-state index is 13.0. The van der Waals surface area contributed by atoms with Crippen molar-refractivity contribution < 1.29 is 18.1 Å². The van der Waals surface area contributed by atoms with Crippen LogP contribution in [0.25, 0.3) is 0 Å². The Hall–Kier alpha value is -1.75. The second-order valence-electron chi connectivity index (χ2n) is 7.22. The highest BCUT2D eigenvalue weighted by atomic mass is 35.5. The summed E-state index contributed by atoms with van der Waals surface area (Å²) in [5.74, 6) is -0.153. The van der Waals surface area contributed by atoms with E-state index in [-0.39, 0.29) is 53.9 Å². The zero-order valence-corrected chi connectivity index (χ0v) is 17.2. The molecule has 0 spiro atoms. The molecule has 0 aromatic heterocycles. The fourth-order valence-electron chi connectivity index (χ4n) is 3.71. The Morgan fingerprint density at radius 1 is 1.21 bits per heavy atom. The number of benzene rings is 1. The van der Waals surface area contributed by atoms with Gasteiger partial charge in [0.25, 0.3) is 5.69 Å². The summed E-state index contributed by atoms with van der Waals surface area (Å²) in [5.41, 5.74) is 6.06. The van der Waals surface area contributed by atoms with E-state index in [1.54, 1.807) is 11.8 Å². The van der Waals surface area contributed by atoms with Crippen molar-refractivity contribution >= 4 is 34.0 Å². The molecule has 1 aromatic rings. The first-order chi connectivity index (χ1) is 12.7. The number of nitrogens with two attached hydrogens (primary N) is 1. The van der Waals surface area contributed by atoms with Crippen molar-refractivity contribution in [2.75, 3.05) is 26.2 Å². The third-order valence-electron chi connectivity index (χ3n) is 5.34. The number of nitro benzene ring substituents is 1. The van der Waals surface area contributed by atoms with Gasteiger partial charge in [-0.05, 0) is 31.7 Å². The molecule has 2 aliphatic rings. The lowest BCUT2D eigenvalue weighted by atomic mass is 9.97. The number of nitro groups is 1. The van der Waals surface area contributed by atoms with Gasteiger partial charge in [0.15, 0.2) is 0 Å². The molecule has 1 aromatic carbocycles. The number of halogens is 1. The number of carbonyl (C=O) groups excluding carboxylic acids is 1. The van der Waals surface area contributed by atoms with Crippen molar-refractivity contribution in [3.8, 4) is 0 Å². The molecule has 1 atom stereocenters. The van der Waals surface area contributed by atoms with Crippen molar-refractivity contribution in [1.29, 1.82) is 0 Å². The van der Waals surface area contributed by atoms with Crippen molar-refractivity contribution in [1.82, 2.24) is 9.21 Å². The number of non-ortho nitro benzene ring substituents is 1. The van der Waals surface area contributed by atoms with Gasteiger partial charge in [-0.25, -0.2) is 8.42 Å². The molecule has 2 heterocycles. The van der Waals surface area contributed by atoms with E-state index in [9.17, 15) is 23.3 Å². The number of hydrogen-bond acceptors (Lipinski definition) is 6. The molecule has 0 aliphatic carbocycles. The summed E-state index contributed by atoms with van der Waals surface area (Å²) >= 11 is 0. The zero-order chi connectivity index (χ0) is 19.8. The van der Waals surface area contributed by atoms with Crippen LogP contribution in [0.15, 0.2) is 23.1 Å². The van der Waals surface area contributed by atoms with Crippen LogP contribution in [-0.4, -0.2) is 60.7 Å². The Morgan fingerprint density at radius 2 is 1.86 bits per heavy atom. The number of likely N-dealkylation sites (tertiary alicyclic amines) is 1. The van der Waals surface area contributed by atoms with Crippen LogP contribution in [0.1, 0.15) is 24.8 Å². The van der Waals surface area contributed by atoms with Crippen LogP contribution in [-0.2, 0) is 14.8 Å². The minimum absolute atomic E-state index is 0. The predicted octanol–water partition coefficient (Wildman–Crippen LogP) is 1.29. The van der Waals surface area contributed by atoms with Gasteiger partial charge in [-0.2, -0.15) is 4.31 Å². The lowest BCUT2D eigenvalue weighted by Gasteiger charge is -2.32. The zero-order valence-electron chi connectivity index (χ0n) is 15.6. The third kappa shape index (κ3) is 4.45. The lowest BCUT2D eigenvalue weighted by Crippen LogP contribution is -2.44. The SMILES string of the molecule is Cc1ccc([N+](=O)[O-])cc1S(=O)(=O)N1CCC(C(=O)N2CC[C@@H](N)C2)CC1.Cl. The van der Waals surface area contributed by atoms with E-state index >= 15 is 0 Å². The van der Waals surface area contributed by atoms with Crippen LogP contribution in [0.4, 0.5) is 5.69 Å². The summed E-state index contributed by atoms with van der Waals surface area (Å²) in [5, 5.41) is 11.0. The third-order valence-corrected chi connectivity index (χ3v) is 7.38. The first-order valence-corrected chi connectivity index (χ1v) is 10.4.